The molecule has 0 aliphatic carbocycles. The van der Waals surface area contributed by atoms with Gasteiger partial charge in [0.15, 0.2) is 0 Å². The lowest BCUT2D eigenvalue weighted by Crippen LogP contribution is -2.01. The number of rotatable bonds is 3. The summed E-state index contributed by atoms with van der Waals surface area (Å²) in [6, 6.07) is 7.10. The normalized spacial score (nSPS) is 13.3. The molecule has 2 rings (SSSR count). The zero-order valence-electron chi connectivity index (χ0n) is 9.70. The molecule has 80 valence electrons. The Morgan fingerprint density at radius 2 is 2.13 bits per heavy atom. The van der Waals surface area contributed by atoms with E-state index >= 15 is 0 Å². The molecule has 0 fully saturated rings. The number of benzene rings is 1. The second-order valence-electron chi connectivity index (χ2n) is 4.09. The van der Waals surface area contributed by atoms with E-state index in [9.17, 15) is 0 Å². The fourth-order valence-electron chi connectivity index (χ4n) is 1.85. The van der Waals surface area contributed by atoms with Gasteiger partial charge >= 0.3 is 0 Å². The van der Waals surface area contributed by atoms with Gasteiger partial charge in [0.05, 0.1) is 17.4 Å². The van der Waals surface area contributed by atoms with E-state index in [0.29, 0.717) is 6.04 Å². The topological polar surface area (TPSA) is 17.8 Å². The van der Waals surface area contributed by atoms with E-state index in [-0.39, 0.29) is 0 Å². The third-order valence-electron chi connectivity index (χ3n) is 3.11. The maximum absolute atomic E-state index is 4.46. The largest absolute Gasteiger partial charge is 0.328 e. The van der Waals surface area contributed by atoms with Crippen molar-refractivity contribution in [3.8, 4) is 0 Å². The molecule has 0 N–H and O–H groups in total. The van der Waals surface area contributed by atoms with Gasteiger partial charge in [-0.3, -0.25) is 0 Å². The summed E-state index contributed by atoms with van der Waals surface area (Å²) in [5.74, 6) is 0. The third kappa shape index (κ3) is 1.76. The highest BCUT2D eigenvalue weighted by Gasteiger charge is 2.07. The Kier molecular flexibility index (Phi) is 2.76. The fourth-order valence-corrected chi connectivity index (χ4v) is 1.85. The molecule has 0 saturated heterocycles. The lowest BCUT2D eigenvalue weighted by Gasteiger charge is -2.11. The Labute approximate surface area is 90.9 Å². The number of fused-ring (bicyclic) bond motifs is 1. The molecule has 0 radical (unpaired) electrons. The van der Waals surface area contributed by atoms with Gasteiger partial charge in [-0.2, -0.15) is 0 Å². The van der Waals surface area contributed by atoms with Gasteiger partial charge in [0, 0.05) is 6.04 Å². The monoisotopic (exact) mass is 202 g/mol. The summed E-state index contributed by atoms with van der Waals surface area (Å²) in [6.07, 6.45) is 4.17. The standard InChI is InChI=1S/C13H18N2/c1-4-10(3)15-9-14-12-8-11(5-2)6-7-13(12)15/h6-10H,4-5H2,1-3H3. The summed E-state index contributed by atoms with van der Waals surface area (Å²) in [6.45, 7) is 6.61. The second kappa shape index (κ2) is 4.05. The summed E-state index contributed by atoms with van der Waals surface area (Å²) < 4.78 is 2.26. The molecule has 2 aromatic rings. The van der Waals surface area contributed by atoms with Crippen molar-refractivity contribution in [3.05, 3.63) is 30.1 Å². The number of hydrogen-bond donors (Lipinski definition) is 0. The summed E-state index contributed by atoms with van der Waals surface area (Å²) in [7, 11) is 0. The van der Waals surface area contributed by atoms with Gasteiger partial charge in [-0.25, -0.2) is 4.98 Å². The lowest BCUT2D eigenvalue weighted by atomic mass is 10.1. The van der Waals surface area contributed by atoms with Crippen LogP contribution in [0.15, 0.2) is 24.5 Å². The average Bonchev–Trinajstić information content (AvgIpc) is 2.70. The molecule has 1 aromatic heterocycles. The third-order valence-corrected chi connectivity index (χ3v) is 3.11. The minimum absolute atomic E-state index is 0.530. The molecule has 1 heterocycles. The molecule has 0 amide bonds. The number of imidazole rings is 1. The molecule has 1 unspecified atom stereocenters. The average molecular weight is 202 g/mol. The molecule has 0 saturated carbocycles. The first-order valence-corrected chi connectivity index (χ1v) is 5.71. The van der Waals surface area contributed by atoms with E-state index in [4.69, 9.17) is 0 Å². The van der Waals surface area contributed by atoms with E-state index < -0.39 is 0 Å². The Morgan fingerprint density at radius 1 is 1.33 bits per heavy atom. The van der Waals surface area contributed by atoms with Crippen LogP contribution in [0.1, 0.15) is 38.8 Å². The minimum Gasteiger partial charge on any atom is -0.328 e. The number of hydrogen-bond acceptors (Lipinski definition) is 1. The van der Waals surface area contributed by atoms with Crippen LogP contribution in [0.25, 0.3) is 11.0 Å². The van der Waals surface area contributed by atoms with Crippen LogP contribution >= 0.6 is 0 Å². The van der Waals surface area contributed by atoms with Crippen LogP contribution in [-0.4, -0.2) is 9.55 Å². The van der Waals surface area contributed by atoms with Crippen molar-refractivity contribution in [2.45, 2.75) is 39.7 Å². The molecule has 0 bridgehead atoms. The maximum atomic E-state index is 4.46. The molecule has 15 heavy (non-hydrogen) atoms. The van der Waals surface area contributed by atoms with Crippen molar-refractivity contribution in [3.63, 3.8) is 0 Å². The van der Waals surface area contributed by atoms with Crippen molar-refractivity contribution in [2.75, 3.05) is 0 Å². The highest BCUT2D eigenvalue weighted by atomic mass is 15.1. The van der Waals surface area contributed by atoms with Gasteiger partial charge in [0.2, 0.25) is 0 Å². The highest BCUT2D eigenvalue weighted by Crippen LogP contribution is 2.20. The predicted octanol–water partition coefficient (Wildman–Crippen LogP) is 3.57. The van der Waals surface area contributed by atoms with Gasteiger partial charge in [0.1, 0.15) is 0 Å². The van der Waals surface area contributed by atoms with Crippen molar-refractivity contribution in [1.82, 2.24) is 9.55 Å². The van der Waals surface area contributed by atoms with Crippen LogP contribution in [0.4, 0.5) is 0 Å². The van der Waals surface area contributed by atoms with Crippen molar-refractivity contribution < 1.29 is 0 Å². The van der Waals surface area contributed by atoms with Crippen molar-refractivity contribution in [1.29, 1.82) is 0 Å². The van der Waals surface area contributed by atoms with E-state index in [1.807, 2.05) is 6.33 Å². The number of nitrogens with zero attached hydrogens (tertiary/aromatic N) is 2. The van der Waals surface area contributed by atoms with Gasteiger partial charge in [-0.15, -0.1) is 0 Å². The Bertz CT molecular complexity index is 457. The second-order valence-corrected chi connectivity index (χ2v) is 4.09. The molecule has 2 heteroatoms. The Morgan fingerprint density at radius 3 is 2.80 bits per heavy atom. The van der Waals surface area contributed by atoms with Crippen molar-refractivity contribution >= 4 is 11.0 Å². The van der Waals surface area contributed by atoms with E-state index in [2.05, 4.69) is 48.5 Å². The highest BCUT2D eigenvalue weighted by molar-refractivity contribution is 5.76. The summed E-state index contributed by atoms with van der Waals surface area (Å²) in [4.78, 5) is 4.46. The zero-order chi connectivity index (χ0) is 10.8. The molecule has 1 aromatic carbocycles. The number of aromatic nitrogens is 2. The van der Waals surface area contributed by atoms with E-state index in [1.54, 1.807) is 0 Å². The SMILES string of the molecule is CCc1ccc2c(c1)ncn2C(C)CC. The molecular weight excluding hydrogens is 184 g/mol. The van der Waals surface area contributed by atoms with Crippen LogP contribution < -0.4 is 0 Å². The van der Waals surface area contributed by atoms with E-state index in [0.717, 1.165) is 18.4 Å². The summed E-state index contributed by atoms with van der Waals surface area (Å²) in [5, 5.41) is 0. The van der Waals surface area contributed by atoms with E-state index in [1.165, 1.54) is 11.1 Å². The van der Waals surface area contributed by atoms with Gasteiger partial charge < -0.3 is 4.57 Å². The van der Waals surface area contributed by atoms with Crippen molar-refractivity contribution in [2.24, 2.45) is 0 Å². The molecule has 0 aliphatic rings. The minimum atomic E-state index is 0.530. The molecule has 1 atom stereocenters. The van der Waals surface area contributed by atoms with Gasteiger partial charge in [-0.1, -0.05) is 19.9 Å². The Balaban J connectivity index is 2.52. The first kappa shape index (κ1) is 10.2. The maximum Gasteiger partial charge on any atom is 0.0960 e. The summed E-state index contributed by atoms with van der Waals surface area (Å²) >= 11 is 0. The van der Waals surface area contributed by atoms with Gasteiger partial charge in [-0.05, 0) is 37.5 Å². The first-order chi connectivity index (χ1) is 7.26. The predicted molar refractivity (Wildman–Crippen MR) is 64.1 cm³/mol. The van der Waals surface area contributed by atoms with Crippen LogP contribution in [0.3, 0.4) is 0 Å². The first-order valence-electron chi connectivity index (χ1n) is 5.71. The zero-order valence-corrected chi connectivity index (χ0v) is 9.70. The van der Waals surface area contributed by atoms with Gasteiger partial charge in [0.25, 0.3) is 0 Å². The quantitative estimate of drug-likeness (QED) is 0.744. The summed E-state index contributed by atoms with van der Waals surface area (Å²) in [5.41, 5.74) is 3.73. The molecule has 0 aliphatic heterocycles. The molecule has 2 nitrogen and oxygen atoms in total. The Hall–Kier alpha value is -1.31. The lowest BCUT2D eigenvalue weighted by molar-refractivity contribution is 0.544. The van der Waals surface area contributed by atoms with Crippen LogP contribution in [0, 0.1) is 0 Å². The molecular formula is C13H18N2. The van der Waals surface area contributed by atoms with Crippen LogP contribution in [-0.2, 0) is 6.42 Å². The molecule has 0 spiro atoms. The van der Waals surface area contributed by atoms with Crippen LogP contribution in [0.2, 0.25) is 0 Å². The fraction of sp³-hybridized carbons (Fsp3) is 0.462. The van der Waals surface area contributed by atoms with Crippen LogP contribution in [0.5, 0.6) is 0 Å². The number of aryl methyl sites for hydroxylation is 1. The smallest absolute Gasteiger partial charge is 0.0960 e.